The minimum Gasteiger partial charge on any atom is -0.380 e. The number of fused-ring (bicyclic) bond motifs is 1. The molecular formula is C26H41ClF3N5O3S. The Bertz CT molecular complexity index is 882. The summed E-state index contributed by atoms with van der Waals surface area (Å²) in [6, 6.07) is 0.322. The van der Waals surface area contributed by atoms with Crippen LogP contribution in [0.4, 0.5) is 13.2 Å². The summed E-state index contributed by atoms with van der Waals surface area (Å²) in [6.45, 7) is 4.39. The van der Waals surface area contributed by atoms with E-state index in [1.807, 2.05) is 0 Å². The van der Waals surface area contributed by atoms with E-state index >= 15 is 0 Å². The number of methoxy groups -OCH3 is 1. The van der Waals surface area contributed by atoms with Gasteiger partial charge in [-0.05, 0) is 50.9 Å². The van der Waals surface area contributed by atoms with Crippen LogP contribution in [0.2, 0.25) is 0 Å². The van der Waals surface area contributed by atoms with Crippen LogP contribution in [0, 0.1) is 29.6 Å². The number of ether oxygens (including phenoxy) is 1. The molecule has 4 heterocycles. The zero-order valence-corrected chi connectivity index (χ0v) is 24.0. The van der Waals surface area contributed by atoms with Gasteiger partial charge in [0.15, 0.2) is 0 Å². The molecule has 39 heavy (non-hydrogen) atoms. The Hall–Kier alpha value is -0.790. The Kier molecular flexibility index (Phi) is 9.60. The molecule has 0 radical (unpaired) electrons. The summed E-state index contributed by atoms with van der Waals surface area (Å²) in [5.74, 6) is -1.81. The lowest BCUT2D eigenvalue weighted by atomic mass is 9.70. The maximum atomic E-state index is 14.3. The number of carbonyl (C=O) groups excluding carboxylic acids is 2. The second-order valence-electron chi connectivity index (χ2n) is 12.0. The predicted molar refractivity (Wildman–Crippen MR) is 144 cm³/mol. The number of thioether (sulfide) groups is 1. The van der Waals surface area contributed by atoms with Crippen LogP contribution >= 0.6 is 23.4 Å². The van der Waals surface area contributed by atoms with Gasteiger partial charge in [0, 0.05) is 56.5 Å². The molecule has 12 unspecified atom stereocenters. The molecule has 13 heteroatoms. The van der Waals surface area contributed by atoms with Crippen molar-refractivity contribution in [2.75, 3.05) is 33.3 Å². The van der Waals surface area contributed by atoms with Crippen molar-refractivity contribution in [1.29, 1.82) is 0 Å². The summed E-state index contributed by atoms with van der Waals surface area (Å²) < 4.78 is 46.0. The number of carbonyl (C=O) groups is 2. The number of nitrogens with zero attached hydrogens (tertiary/aromatic N) is 1. The molecule has 0 spiro atoms. The summed E-state index contributed by atoms with van der Waals surface area (Å²) in [7, 11) is 1.71. The van der Waals surface area contributed by atoms with Crippen LogP contribution in [-0.4, -0.2) is 97.0 Å². The van der Waals surface area contributed by atoms with Crippen LogP contribution in [0.15, 0.2) is 0 Å². The molecule has 4 N–H and O–H groups in total. The van der Waals surface area contributed by atoms with Gasteiger partial charge in [-0.3, -0.25) is 20.2 Å². The monoisotopic (exact) mass is 595 g/mol. The highest BCUT2D eigenvalue weighted by atomic mass is 35.5. The summed E-state index contributed by atoms with van der Waals surface area (Å²) in [5, 5.41) is 13.5. The van der Waals surface area contributed by atoms with Crippen LogP contribution in [0.1, 0.15) is 39.0 Å². The molecule has 4 saturated heterocycles. The number of hydrogen-bond donors (Lipinski definition) is 4. The lowest BCUT2D eigenvalue weighted by Crippen LogP contribution is -2.57. The summed E-state index contributed by atoms with van der Waals surface area (Å²) in [4.78, 5) is 28.3. The first kappa shape index (κ1) is 29.7. The van der Waals surface area contributed by atoms with Crippen molar-refractivity contribution in [3.05, 3.63) is 0 Å². The second-order valence-corrected chi connectivity index (χ2v) is 13.8. The van der Waals surface area contributed by atoms with Crippen molar-refractivity contribution < 1.29 is 27.5 Å². The molecule has 2 amide bonds. The zero-order valence-electron chi connectivity index (χ0n) is 22.5. The van der Waals surface area contributed by atoms with Gasteiger partial charge in [-0.25, -0.2) is 13.2 Å². The molecule has 5 aliphatic rings. The van der Waals surface area contributed by atoms with E-state index in [2.05, 4.69) is 28.2 Å². The molecule has 1 saturated carbocycles. The molecular weight excluding hydrogens is 555 g/mol. The Morgan fingerprint density at radius 3 is 2.59 bits per heavy atom. The van der Waals surface area contributed by atoms with E-state index in [0.29, 0.717) is 38.6 Å². The van der Waals surface area contributed by atoms with Gasteiger partial charge >= 0.3 is 0 Å². The molecule has 0 aromatic heterocycles. The minimum atomic E-state index is -2.68. The van der Waals surface area contributed by atoms with Gasteiger partial charge in [-0.15, -0.1) is 23.4 Å². The molecule has 5 fully saturated rings. The van der Waals surface area contributed by atoms with E-state index in [1.54, 1.807) is 23.8 Å². The van der Waals surface area contributed by atoms with Gasteiger partial charge in [-0.1, -0.05) is 0 Å². The number of halogens is 4. The standard InChI is InChI=1S/C26H41ClF3N5O3S/c1-12-5-15(16-7-22(27)32-9-20(16)38-2)17(8-31-12)24(36)34-26-33-19-10-35(11-21(19)39-26)25(37)13-3-4-14(23(29)30)18(28)6-13/h12-23,26,31-33H,3-11H2,1-2H3,(H,34,36). The van der Waals surface area contributed by atoms with Crippen LogP contribution in [-0.2, 0) is 14.3 Å². The number of amides is 2. The summed E-state index contributed by atoms with van der Waals surface area (Å²) in [6.07, 6.45) is -2.47. The maximum absolute atomic E-state index is 14.3. The summed E-state index contributed by atoms with van der Waals surface area (Å²) >= 11 is 8.05. The third kappa shape index (κ3) is 6.51. The van der Waals surface area contributed by atoms with Crippen molar-refractivity contribution in [2.24, 2.45) is 29.6 Å². The van der Waals surface area contributed by atoms with Gasteiger partial charge in [0.1, 0.15) is 11.7 Å². The van der Waals surface area contributed by atoms with E-state index in [0.717, 1.165) is 12.8 Å². The van der Waals surface area contributed by atoms with E-state index in [4.69, 9.17) is 16.3 Å². The van der Waals surface area contributed by atoms with Crippen molar-refractivity contribution in [3.8, 4) is 0 Å². The Morgan fingerprint density at radius 2 is 1.90 bits per heavy atom. The maximum Gasteiger partial charge on any atom is 0.244 e. The second kappa shape index (κ2) is 12.6. The fourth-order valence-electron chi connectivity index (χ4n) is 7.35. The van der Waals surface area contributed by atoms with Gasteiger partial charge in [0.2, 0.25) is 18.2 Å². The largest absolute Gasteiger partial charge is 0.380 e. The summed E-state index contributed by atoms with van der Waals surface area (Å²) in [5.41, 5.74) is -0.393. The average molecular weight is 596 g/mol. The normalized spacial score (nSPS) is 44.8. The topological polar surface area (TPSA) is 94.7 Å². The number of nitrogens with one attached hydrogen (secondary N) is 4. The number of piperidine rings is 2. The van der Waals surface area contributed by atoms with Crippen LogP contribution in [0.3, 0.4) is 0 Å². The quantitative estimate of drug-likeness (QED) is 0.276. The van der Waals surface area contributed by atoms with Gasteiger partial charge in [0.25, 0.3) is 0 Å². The Labute approximate surface area is 237 Å². The third-order valence-corrected chi connectivity index (χ3v) is 11.2. The van der Waals surface area contributed by atoms with Gasteiger partial charge in [-0.2, -0.15) is 0 Å². The minimum absolute atomic E-state index is 0.00147. The predicted octanol–water partition coefficient (Wildman–Crippen LogP) is 2.13. The smallest absolute Gasteiger partial charge is 0.244 e. The first-order valence-electron chi connectivity index (χ1n) is 14.2. The highest BCUT2D eigenvalue weighted by Crippen LogP contribution is 2.40. The molecule has 4 aliphatic heterocycles. The number of rotatable bonds is 6. The first-order chi connectivity index (χ1) is 18.6. The highest BCUT2D eigenvalue weighted by Gasteiger charge is 2.48. The van der Waals surface area contributed by atoms with Gasteiger partial charge < -0.3 is 20.3 Å². The molecule has 1 aliphatic carbocycles. The lowest BCUT2D eigenvalue weighted by Gasteiger charge is -2.45. The van der Waals surface area contributed by atoms with E-state index in [1.165, 1.54) is 0 Å². The fraction of sp³-hybridized carbons (Fsp3) is 0.923. The molecule has 222 valence electrons. The molecule has 5 rings (SSSR count). The van der Waals surface area contributed by atoms with Crippen LogP contribution in [0.5, 0.6) is 0 Å². The van der Waals surface area contributed by atoms with Crippen molar-refractivity contribution in [2.45, 2.75) is 86.1 Å². The van der Waals surface area contributed by atoms with Gasteiger partial charge in [0.05, 0.1) is 23.4 Å². The number of likely N-dealkylation sites (tertiary alicyclic amines) is 1. The molecule has 12 atom stereocenters. The van der Waals surface area contributed by atoms with Crippen molar-refractivity contribution in [3.63, 3.8) is 0 Å². The Morgan fingerprint density at radius 1 is 1.10 bits per heavy atom. The molecule has 0 aromatic rings. The number of alkyl halides is 4. The van der Waals surface area contributed by atoms with E-state index < -0.39 is 24.4 Å². The first-order valence-corrected chi connectivity index (χ1v) is 15.6. The van der Waals surface area contributed by atoms with Crippen molar-refractivity contribution in [1.82, 2.24) is 26.2 Å². The lowest BCUT2D eigenvalue weighted by molar-refractivity contribution is -0.138. The molecule has 0 bridgehead atoms. The number of hydrogen-bond acceptors (Lipinski definition) is 7. The van der Waals surface area contributed by atoms with Crippen molar-refractivity contribution >= 4 is 35.2 Å². The Balaban J connectivity index is 1.14. The highest BCUT2D eigenvalue weighted by molar-refractivity contribution is 8.00. The van der Waals surface area contributed by atoms with E-state index in [9.17, 15) is 22.8 Å². The molecule has 8 nitrogen and oxygen atoms in total. The zero-order chi connectivity index (χ0) is 27.8. The third-order valence-electron chi connectivity index (χ3n) is 9.54. The average Bonchev–Trinajstić information content (AvgIpc) is 3.46. The van der Waals surface area contributed by atoms with E-state index in [-0.39, 0.29) is 70.8 Å². The van der Waals surface area contributed by atoms with Crippen LogP contribution in [0.25, 0.3) is 0 Å². The van der Waals surface area contributed by atoms with Crippen LogP contribution < -0.4 is 21.3 Å². The fourth-order valence-corrected chi connectivity index (χ4v) is 9.05. The molecule has 0 aromatic carbocycles. The SMILES string of the molecule is COC1CNC(Cl)CC1C1CC(C)NCC1C(=O)NC1NC2CN(C(=O)C3CCC(C(F)F)C(F)C3)CC2S1.